The van der Waals surface area contributed by atoms with Crippen molar-refractivity contribution in [3.05, 3.63) is 42.0 Å². The van der Waals surface area contributed by atoms with Crippen LogP contribution >= 0.6 is 0 Å². The molecular weight excluding hydrogens is 372 g/mol. The minimum Gasteiger partial charge on any atom is -0.490 e. The highest BCUT2D eigenvalue weighted by Gasteiger charge is 2.26. The van der Waals surface area contributed by atoms with Crippen LogP contribution in [0.2, 0.25) is 0 Å². The van der Waals surface area contributed by atoms with Gasteiger partial charge in [0.1, 0.15) is 5.75 Å². The van der Waals surface area contributed by atoms with Crippen molar-refractivity contribution in [1.82, 2.24) is 0 Å². The van der Waals surface area contributed by atoms with Crippen molar-refractivity contribution in [1.29, 1.82) is 0 Å². The van der Waals surface area contributed by atoms with Gasteiger partial charge in [-0.1, -0.05) is 6.07 Å². The standard InChI is InChI=1S/C22H26N2O5/c1-4-27-19-9-7-16(13-20(19)28-5-2)23-21(25)10-11-24-17-12-15(3)6-8-18(17)29-14-22(24)26/h6-9,12-13H,4-5,10-11,14H2,1-3H3,(H,23,25). The predicted molar refractivity (Wildman–Crippen MR) is 111 cm³/mol. The van der Waals surface area contributed by atoms with Gasteiger partial charge >= 0.3 is 0 Å². The third-order valence-electron chi connectivity index (χ3n) is 4.45. The van der Waals surface area contributed by atoms with Gasteiger partial charge in [-0.25, -0.2) is 0 Å². The van der Waals surface area contributed by atoms with Crippen LogP contribution in [0.1, 0.15) is 25.8 Å². The predicted octanol–water partition coefficient (Wildman–Crippen LogP) is 3.55. The molecule has 7 heteroatoms. The second-order valence-corrected chi connectivity index (χ2v) is 6.63. The van der Waals surface area contributed by atoms with E-state index in [1.807, 2.05) is 39.0 Å². The van der Waals surface area contributed by atoms with Crippen molar-refractivity contribution in [3.8, 4) is 17.2 Å². The maximum Gasteiger partial charge on any atom is 0.265 e. The normalized spacial score (nSPS) is 12.8. The van der Waals surface area contributed by atoms with E-state index in [0.717, 1.165) is 5.56 Å². The van der Waals surface area contributed by atoms with Crippen molar-refractivity contribution < 1.29 is 23.8 Å². The molecule has 1 N–H and O–H groups in total. The number of hydrogen-bond acceptors (Lipinski definition) is 5. The van der Waals surface area contributed by atoms with Crippen molar-refractivity contribution in [2.24, 2.45) is 0 Å². The highest BCUT2D eigenvalue weighted by molar-refractivity contribution is 5.99. The Morgan fingerprint density at radius 3 is 2.62 bits per heavy atom. The molecule has 0 spiro atoms. The molecule has 0 aromatic heterocycles. The fourth-order valence-electron chi connectivity index (χ4n) is 3.12. The van der Waals surface area contributed by atoms with E-state index in [1.165, 1.54) is 0 Å². The first kappa shape index (κ1) is 20.5. The molecule has 0 saturated heterocycles. The summed E-state index contributed by atoms with van der Waals surface area (Å²) in [6.07, 6.45) is 0.163. The summed E-state index contributed by atoms with van der Waals surface area (Å²) in [5.41, 5.74) is 2.34. The molecule has 0 unspecified atom stereocenters. The third-order valence-corrected chi connectivity index (χ3v) is 4.45. The molecule has 1 aliphatic heterocycles. The van der Waals surface area contributed by atoms with Gasteiger partial charge in [-0.2, -0.15) is 0 Å². The lowest BCUT2D eigenvalue weighted by molar-refractivity contribution is -0.121. The van der Waals surface area contributed by atoms with Crippen LogP contribution in [0, 0.1) is 6.92 Å². The largest absolute Gasteiger partial charge is 0.490 e. The molecule has 1 heterocycles. The monoisotopic (exact) mass is 398 g/mol. The van der Waals surface area contributed by atoms with Gasteiger partial charge in [0.05, 0.1) is 18.9 Å². The van der Waals surface area contributed by atoms with Crippen LogP contribution in [0.15, 0.2) is 36.4 Å². The molecule has 3 rings (SSSR count). The summed E-state index contributed by atoms with van der Waals surface area (Å²) < 4.78 is 16.6. The first-order chi connectivity index (χ1) is 14.0. The van der Waals surface area contributed by atoms with E-state index in [4.69, 9.17) is 14.2 Å². The minimum atomic E-state index is -0.190. The third kappa shape index (κ3) is 4.99. The zero-order chi connectivity index (χ0) is 20.8. The molecule has 0 fully saturated rings. The van der Waals surface area contributed by atoms with Gasteiger partial charge in [0.2, 0.25) is 5.91 Å². The number of nitrogens with zero attached hydrogens (tertiary/aromatic N) is 1. The molecule has 2 aromatic carbocycles. The lowest BCUT2D eigenvalue weighted by Gasteiger charge is -2.29. The summed E-state index contributed by atoms with van der Waals surface area (Å²) in [4.78, 5) is 26.4. The Morgan fingerprint density at radius 2 is 1.86 bits per heavy atom. The lowest BCUT2D eigenvalue weighted by Crippen LogP contribution is -2.40. The van der Waals surface area contributed by atoms with Gasteiger partial charge in [-0.05, 0) is 50.6 Å². The van der Waals surface area contributed by atoms with Gasteiger partial charge in [-0.15, -0.1) is 0 Å². The molecule has 0 aliphatic carbocycles. The zero-order valence-electron chi connectivity index (χ0n) is 17.0. The van der Waals surface area contributed by atoms with Crippen molar-refractivity contribution in [3.63, 3.8) is 0 Å². The Hall–Kier alpha value is -3.22. The van der Waals surface area contributed by atoms with E-state index in [-0.39, 0.29) is 31.4 Å². The summed E-state index contributed by atoms with van der Waals surface area (Å²) >= 11 is 0. The fourth-order valence-corrected chi connectivity index (χ4v) is 3.12. The Kier molecular flexibility index (Phi) is 6.59. The number of carbonyl (C=O) groups is 2. The van der Waals surface area contributed by atoms with Crippen molar-refractivity contribution in [2.45, 2.75) is 27.2 Å². The first-order valence-electron chi connectivity index (χ1n) is 9.75. The number of hydrogen-bond donors (Lipinski definition) is 1. The van der Waals surface area contributed by atoms with Crippen LogP contribution in [-0.4, -0.2) is 38.2 Å². The van der Waals surface area contributed by atoms with E-state index in [9.17, 15) is 9.59 Å². The number of amides is 2. The van der Waals surface area contributed by atoms with Gasteiger partial charge in [0, 0.05) is 24.7 Å². The number of nitrogens with one attached hydrogen (secondary N) is 1. The summed E-state index contributed by atoms with van der Waals surface area (Å²) in [5, 5.41) is 2.86. The maximum absolute atomic E-state index is 12.5. The highest BCUT2D eigenvalue weighted by Crippen LogP contribution is 2.33. The molecule has 1 aliphatic rings. The molecule has 29 heavy (non-hydrogen) atoms. The van der Waals surface area contributed by atoms with Crippen LogP contribution in [0.25, 0.3) is 0 Å². The molecule has 2 amide bonds. The second-order valence-electron chi connectivity index (χ2n) is 6.63. The summed E-state index contributed by atoms with van der Waals surface area (Å²) in [7, 11) is 0. The van der Waals surface area contributed by atoms with Crippen LogP contribution in [0.4, 0.5) is 11.4 Å². The van der Waals surface area contributed by atoms with Crippen LogP contribution < -0.4 is 24.4 Å². The van der Waals surface area contributed by atoms with Crippen molar-refractivity contribution in [2.75, 3.05) is 36.6 Å². The fraction of sp³-hybridized carbons (Fsp3) is 0.364. The topological polar surface area (TPSA) is 77.1 Å². The molecule has 7 nitrogen and oxygen atoms in total. The van der Waals surface area contributed by atoms with Crippen LogP contribution in [0.5, 0.6) is 17.2 Å². The van der Waals surface area contributed by atoms with E-state index >= 15 is 0 Å². The lowest BCUT2D eigenvalue weighted by atomic mass is 10.1. The summed E-state index contributed by atoms with van der Waals surface area (Å²) in [6.45, 7) is 7.02. The molecule has 0 saturated carbocycles. The number of fused-ring (bicyclic) bond motifs is 1. The van der Waals surface area contributed by atoms with Crippen molar-refractivity contribution >= 4 is 23.2 Å². The number of anilines is 2. The molecule has 0 atom stereocenters. The second kappa shape index (κ2) is 9.32. The number of carbonyl (C=O) groups excluding carboxylic acids is 2. The molecule has 154 valence electrons. The van der Waals surface area contributed by atoms with Gasteiger partial charge in [0.25, 0.3) is 5.91 Å². The molecular formula is C22H26N2O5. The van der Waals surface area contributed by atoms with Crippen LogP contribution in [-0.2, 0) is 9.59 Å². The van der Waals surface area contributed by atoms with E-state index in [1.54, 1.807) is 23.1 Å². The average Bonchev–Trinajstić information content (AvgIpc) is 2.69. The first-order valence-corrected chi connectivity index (χ1v) is 9.75. The Bertz CT molecular complexity index is 897. The minimum absolute atomic E-state index is 0.0196. The van der Waals surface area contributed by atoms with Crippen LogP contribution in [0.3, 0.4) is 0 Å². The number of ether oxygens (including phenoxy) is 3. The Balaban J connectivity index is 1.65. The van der Waals surface area contributed by atoms with E-state index in [2.05, 4.69) is 5.32 Å². The van der Waals surface area contributed by atoms with Gasteiger partial charge in [-0.3, -0.25) is 9.59 Å². The highest BCUT2D eigenvalue weighted by atomic mass is 16.5. The Labute approximate surface area is 170 Å². The quantitative estimate of drug-likeness (QED) is 0.736. The maximum atomic E-state index is 12.5. The number of benzene rings is 2. The number of rotatable bonds is 8. The molecule has 0 bridgehead atoms. The van der Waals surface area contributed by atoms with E-state index < -0.39 is 0 Å². The Morgan fingerprint density at radius 1 is 1.10 bits per heavy atom. The zero-order valence-corrected chi connectivity index (χ0v) is 17.0. The van der Waals surface area contributed by atoms with E-state index in [0.29, 0.717) is 41.8 Å². The van der Waals surface area contributed by atoms with Gasteiger partial charge < -0.3 is 24.4 Å². The van der Waals surface area contributed by atoms with Gasteiger partial charge in [0.15, 0.2) is 18.1 Å². The summed E-state index contributed by atoms with van der Waals surface area (Å²) in [6, 6.07) is 11.0. The molecule has 0 radical (unpaired) electrons. The smallest absolute Gasteiger partial charge is 0.265 e. The summed E-state index contributed by atoms with van der Waals surface area (Å²) in [5.74, 6) is 1.53. The SMILES string of the molecule is CCOc1ccc(NC(=O)CCN2C(=O)COc3ccc(C)cc32)cc1OCC. The molecule has 2 aromatic rings. The average molecular weight is 398 g/mol. The number of aryl methyl sites for hydroxylation is 1.